The number of aromatic nitrogens is 2. The maximum absolute atomic E-state index is 11.7. The first kappa shape index (κ1) is 10.9. The van der Waals surface area contributed by atoms with Crippen LogP contribution in [0.3, 0.4) is 0 Å². The molecule has 0 fully saturated rings. The number of rotatable bonds is 1. The van der Waals surface area contributed by atoms with Gasteiger partial charge in [0.15, 0.2) is 0 Å². The maximum atomic E-state index is 11.7. The van der Waals surface area contributed by atoms with E-state index in [0.29, 0.717) is 11.1 Å². The minimum Gasteiger partial charge on any atom is -0.329 e. The molecule has 17 heavy (non-hydrogen) atoms. The van der Waals surface area contributed by atoms with Gasteiger partial charge in [-0.3, -0.25) is 9.59 Å². The minimum absolute atomic E-state index is 0.0635. The van der Waals surface area contributed by atoms with Gasteiger partial charge in [-0.25, -0.2) is 0 Å². The molecule has 83 valence electrons. The van der Waals surface area contributed by atoms with Gasteiger partial charge >= 0.3 is 0 Å². The van der Waals surface area contributed by atoms with E-state index in [1.165, 1.54) is 12.4 Å². The summed E-state index contributed by atoms with van der Waals surface area (Å²) >= 11 is 0. The van der Waals surface area contributed by atoms with Crippen LogP contribution in [0.2, 0.25) is 0 Å². The molecular formula is C12H8N3O2. The molecule has 2 aromatic heterocycles. The number of pyridine rings is 2. The van der Waals surface area contributed by atoms with Crippen LogP contribution < -0.4 is 11.1 Å². The van der Waals surface area contributed by atoms with Gasteiger partial charge in [-0.15, -0.1) is 0 Å². The highest BCUT2D eigenvalue weighted by atomic mass is 16.1. The number of aromatic amines is 2. The topological polar surface area (TPSA) is 89.5 Å². The van der Waals surface area contributed by atoms with E-state index in [2.05, 4.69) is 16.0 Å². The van der Waals surface area contributed by atoms with Crippen molar-refractivity contribution in [2.24, 2.45) is 0 Å². The fourth-order valence-electron chi connectivity index (χ4n) is 1.62. The molecule has 1 radical (unpaired) electrons. The van der Waals surface area contributed by atoms with Gasteiger partial charge in [0.05, 0.1) is 17.2 Å². The Morgan fingerprint density at radius 1 is 1.35 bits per heavy atom. The van der Waals surface area contributed by atoms with Crippen LogP contribution in [-0.4, -0.2) is 9.97 Å². The molecule has 0 amide bonds. The second kappa shape index (κ2) is 4.10. The molecule has 0 aliphatic heterocycles. The number of hydrogen-bond donors (Lipinski definition) is 2. The second-order valence-corrected chi connectivity index (χ2v) is 3.51. The highest BCUT2D eigenvalue weighted by molar-refractivity contribution is 5.70. The van der Waals surface area contributed by atoms with Crippen LogP contribution in [-0.2, 0) is 0 Å². The summed E-state index contributed by atoms with van der Waals surface area (Å²) in [6, 6.07) is 5.94. The van der Waals surface area contributed by atoms with Gasteiger partial charge in [-0.1, -0.05) is 0 Å². The molecule has 0 atom stereocenters. The number of hydrogen-bond acceptors (Lipinski definition) is 3. The lowest BCUT2D eigenvalue weighted by Crippen LogP contribution is -2.13. The Bertz CT molecular complexity index is 720. The molecule has 0 spiro atoms. The lowest BCUT2D eigenvalue weighted by atomic mass is 10.0. The van der Waals surface area contributed by atoms with Crippen LogP contribution >= 0.6 is 0 Å². The van der Waals surface area contributed by atoms with Crippen LogP contribution in [0.4, 0.5) is 0 Å². The highest BCUT2D eigenvalue weighted by Gasteiger charge is 2.12. The number of H-pyrrole nitrogens is 2. The van der Waals surface area contributed by atoms with Crippen molar-refractivity contribution in [2.45, 2.75) is 6.92 Å². The predicted octanol–water partition coefficient (Wildman–Crippen LogP) is 0.710. The molecule has 0 unspecified atom stereocenters. The molecule has 0 aromatic carbocycles. The summed E-state index contributed by atoms with van der Waals surface area (Å²) in [5, 5.41) is 8.94. The number of nitrogens with one attached hydrogen (secondary N) is 2. The smallest absolute Gasteiger partial charge is 0.257 e. The summed E-state index contributed by atoms with van der Waals surface area (Å²) in [4.78, 5) is 27.7. The summed E-state index contributed by atoms with van der Waals surface area (Å²) in [5.74, 6) is 0. The van der Waals surface area contributed by atoms with Crippen molar-refractivity contribution < 1.29 is 0 Å². The van der Waals surface area contributed by atoms with Crippen molar-refractivity contribution >= 4 is 0 Å². The van der Waals surface area contributed by atoms with Crippen LogP contribution in [0.5, 0.6) is 0 Å². The fraction of sp³-hybridized carbons (Fsp3) is 0.0833. The first-order chi connectivity index (χ1) is 8.13. The van der Waals surface area contributed by atoms with Gasteiger partial charge < -0.3 is 9.97 Å². The molecule has 2 heterocycles. The quantitative estimate of drug-likeness (QED) is 0.750. The highest BCUT2D eigenvalue weighted by Crippen LogP contribution is 2.20. The lowest BCUT2D eigenvalue weighted by molar-refractivity contribution is 1.18. The van der Waals surface area contributed by atoms with Gasteiger partial charge in [0.1, 0.15) is 6.07 Å². The molecule has 0 bridgehead atoms. The van der Waals surface area contributed by atoms with Crippen molar-refractivity contribution in [3.63, 3.8) is 0 Å². The summed E-state index contributed by atoms with van der Waals surface area (Å²) in [5.41, 5.74) is 0.750. The largest absolute Gasteiger partial charge is 0.329 e. The van der Waals surface area contributed by atoms with Crippen LogP contribution in [0.1, 0.15) is 11.1 Å². The zero-order valence-corrected chi connectivity index (χ0v) is 9.00. The van der Waals surface area contributed by atoms with Gasteiger partial charge in [0.25, 0.3) is 11.1 Å². The Morgan fingerprint density at radius 3 is 2.76 bits per heavy atom. The number of aryl methyl sites for hydroxylation is 1. The molecule has 2 N–H and O–H groups in total. The summed E-state index contributed by atoms with van der Waals surface area (Å²) in [6.45, 7) is 1.76. The third kappa shape index (κ3) is 1.88. The maximum Gasteiger partial charge on any atom is 0.257 e. The van der Waals surface area contributed by atoms with E-state index in [4.69, 9.17) is 5.26 Å². The number of nitriles is 1. The Hall–Kier alpha value is -2.61. The standard InChI is InChI=1S/C12H8N3O2/c1-7-2-3-14-12(17)11(7)9-6-15-10(16)4-8(9)5-13/h2-3,6H,1H3,(H,14,17)(H,15,16). The minimum atomic E-state index is -0.490. The second-order valence-electron chi connectivity index (χ2n) is 3.51. The van der Waals surface area contributed by atoms with E-state index in [9.17, 15) is 9.59 Å². The zero-order chi connectivity index (χ0) is 12.4. The Balaban J connectivity index is 2.83. The van der Waals surface area contributed by atoms with Gasteiger partial charge in [-0.2, -0.15) is 5.26 Å². The van der Waals surface area contributed by atoms with Crippen molar-refractivity contribution in [3.05, 3.63) is 56.4 Å². The van der Waals surface area contributed by atoms with E-state index >= 15 is 0 Å². The van der Waals surface area contributed by atoms with Crippen LogP contribution in [0.25, 0.3) is 11.1 Å². The molecular weight excluding hydrogens is 218 g/mol. The predicted molar refractivity (Wildman–Crippen MR) is 61.4 cm³/mol. The van der Waals surface area contributed by atoms with Gasteiger partial charge in [0.2, 0.25) is 0 Å². The van der Waals surface area contributed by atoms with Gasteiger partial charge in [-0.05, 0) is 18.6 Å². The van der Waals surface area contributed by atoms with Gasteiger partial charge in [0, 0.05) is 18.0 Å². The van der Waals surface area contributed by atoms with E-state index in [0.717, 1.165) is 5.56 Å². The third-order valence-electron chi connectivity index (χ3n) is 2.41. The molecule has 0 saturated carbocycles. The third-order valence-corrected chi connectivity index (χ3v) is 2.41. The summed E-state index contributed by atoms with van der Waals surface area (Å²) in [7, 11) is 0. The van der Waals surface area contributed by atoms with Crippen molar-refractivity contribution in [1.82, 2.24) is 9.97 Å². The molecule has 2 rings (SSSR count). The average molecular weight is 226 g/mol. The Morgan fingerprint density at radius 2 is 2.12 bits per heavy atom. The van der Waals surface area contributed by atoms with Crippen molar-refractivity contribution in [2.75, 3.05) is 0 Å². The Labute approximate surface area is 96.4 Å². The molecule has 5 nitrogen and oxygen atoms in total. The summed E-state index contributed by atoms with van der Waals surface area (Å²) in [6.07, 6.45) is 2.89. The van der Waals surface area contributed by atoms with Crippen molar-refractivity contribution in [3.8, 4) is 17.2 Å². The first-order valence-electron chi connectivity index (χ1n) is 4.87. The van der Waals surface area contributed by atoms with E-state index < -0.39 is 5.56 Å². The van der Waals surface area contributed by atoms with E-state index in [1.807, 2.05) is 6.07 Å². The first-order valence-corrected chi connectivity index (χ1v) is 4.87. The van der Waals surface area contributed by atoms with E-state index in [1.54, 1.807) is 13.0 Å². The molecule has 0 aliphatic carbocycles. The fourth-order valence-corrected chi connectivity index (χ4v) is 1.62. The van der Waals surface area contributed by atoms with Crippen LogP contribution in [0, 0.1) is 24.3 Å². The Kier molecular flexibility index (Phi) is 2.63. The number of nitrogens with zero attached hydrogens (tertiary/aromatic N) is 1. The SMILES string of the molecule is Cc1cc[nH]c(=O)c1-c1c[nH]c(=O)[c]c1C#N. The summed E-state index contributed by atoms with van der Waals surface area (Å²) < 4.78 is 0. The van der Waals surface area contributed by atoms with Crippen LogP contribution in [0.15, 0.2) is 28.0 Å². The molecule has 5 heteroatoms. The molecule has 0 aliphatic rings. The molecule has 2 aromatic rings. The normalized spacial score (nSPS) is 9.88. The lowest BCUT2D eigenvalue weighted by Gasteiger charge is -2.05. The monoisotopic (exact) mass is 226 g/mol. The zero-order valence-electron chi connectivity index (χ0n) is 9.00. The average Bonchev–Trinajstić information content (AvgIpc) is 2.30. The molecule has 0 saturated heterocycles. The van der Waals surface area contributed by atoms with E-state index in [-0.39, 0.29) is 11.1 Å². The van der Waals surface area contributed by atoms with Crippen molar-refractivity contribution in [1.29, 1.82) is 5.26 Å².